The first-order valence-electron chi connectivity index (χ1n) is 7.63. The SMILES string of the molecule is O=S(=O)(N1CCOCC1)N1CC(O)CC(c2ccccc2)C1. The van der Waals surface area contributed by atoms with Crippen LogP contribution >= 0.6 is 0 Å². The van der Waals surface area contributed by atoms with Gasteiger partial charge >= 0.3 is 0 Å². The van der Waals surface area contributed by atoms with Crippen LogP contribution in [0.1, 0.15) is 17.9 Å². The standard InChI is InChI=1S/C15H22N2O4S/c18-15-10-14(13-4-2-1-3-5-13)11-17(12-15)22(19,20)16-6-8-21-9-7-16/h1-5,14-15,18H,6-12H2. The molecule has 2 unspecified atom stereocenters. The molecular formula is C15H22N2O4S. The third-order valence-corrected chi connectivity index (χ3v) is 6.26. The number of aliphatic hydroxyl groups excluding tert-OH is 1. The first-order chi connectivity index (χ1) is 10.6. The van der Waals surface area contributed by atoms with Crippen molar-refractivity contribution < 1.29 is 18.3 Å². The summed E-state index contributed by atoms with van der Waals surface area (Å²) in [6.07, 6.45) is -0.0335. The van der Waals surface area contributed by atoms with Gasteiger partial charge in [-0.2, -0.15) is 17.0 Å². The van der Waals surface area contributed by atoms with Crippen molar-refractivity contribution in [3.63, 3.8) is 0 Å². The van der Waals surface area contributed by atoms with Gasteiger partial charge in [-0.15, -0.1) is 0 Å². The zero-order valence-electron chi connectivity index (χ0n) is 12.5. The number of benzene rings is 1. The highest BCUT2D eigenvalue weighted by Gasteiger charge is 2.37. The summed E-state index contributed by atoms with van der Waals surface area (Å²) in [7, 11) is -3.53. The molecule has 7 heteroatoms. The Morgan fingerprint density at radius 3 is 2.41 bits per heavy atom. The maximum Gasteiger partial charge on any atom is 0.282 e. The van der Waals surface area contributed by atoms with Crippen molar-refractivity contribution in [1.29, 1.82) is 0 Å². The zero-order valence-corrected chi connectivity index (χ0v) is 13.3. The molecular weight excluding hydrogens is 304 g/mol. The summed E-state index contributed by atoms with van der Waals surface area (Å²) in [5.41, 5.74) is 1.07. The molecule has 6 nitrogen and oxygen atoms in total. The Hall–Kier alpha value is -0.990. The van der Waals surface area contributed by atoms with Gasteiger partial charge in [0, 0.05) is 32.1 Å². The van der Waals surface area contributed by atoms with Gasteiger partial charge in [0.25, 0.3) is 10.2 Å². The molecule has 0 aromatic heterocycles. The molecule has 0 radical (unpaired) electrons. The Kier molecular flexibility index (Phi) is 4.79. The highest BCUT2D eigenvalue weighted by atomic mass is 32.2. The van der Waals surface area contributed by atoms with Gasteiger partial charge in [-0.05, 0) is 12.0 Å². The predicted molar refractivity (Wildman–Crippen MR) is 82.7 cm³/mol. The molecule has 0 bridgehead atoms. The van der Waals surface area contributed by atoms with E-state index in [-0.39, 0.29) is 12.5 Å². The third kappa shape index (κ3) is 3.33. The second-order valence-electron chi connectivity index (χ2n) is 5.83. The van der Waals surface area contributed by atoms with E-state index >= 15 is 0 Å². The minimum atomic E-state index is -3.53. The number of hydrogen-bond donors (Lipinski definition) is 1. The van der Waals surface area contributed by atoms with Crippen LogP contribution in [0.4, 0.5) is 0 Å². The van der Waals surface area contributed by atoms with Crippen molar-refractivity contribution in [3.8, 4) is 0 Å². The second kappa shape index (κ2) is 6.64. The predicted octanol–water partition coefficient (Wildman–Crippen LogP) is 0.414. The smallest absolute Gasteiger partial charge is 0.282 e. The zero-order chi connectivity index (χ0) is 15.6. The van der Waals surface area contributed by atoms with Crippen molar-refractivity contribution in [2.45, 2.75) is 18.4 Å². The van der Waals surface area contributed by atoms with Gasteiger partial charge in [-0.1, -0.05) is 30.3 Å². The Balaban J connectivity index is 1.78. The Labute approximate surface area is 131 Å². The quantitative estimate of drug-likeness (QED) is 0.874. The van der Waals surface area contributed by atoms with Crippen LogP contribution in [-0.4, -0.2) is 67.6 Å². The average molecular weight is 326 g/mol. The number of ether oxygens (including phenoxy) is 1. The van der Waals surface area contributed by atoms with E-state index in [1.54, 1.807) is 0 Å². The maximum atomic E-state index is 12.7. The fourth-order valence-corrected chi connectivity index (χ4v) is 4.79. The lowest BCUT2D eigenvalue weighted by Gasteiger charge is -2.38. The molecule has 0 aliphatic carbocycles. The summed E-state index contributed by atoms with van der Waals surface area (Å²) < 4.78 is 33.6. The monoisotopic (exact) mass is 326 g/mol. The van der Waals surface area contributed by atoms with Crippen molar-refractivity contribution in [3.05, 3.63) is 35.9 Å². The number of piperidine rings is 1. The molecule has 1 N–H and O–H groups in total. The second-order valence-corrected chi connectivity index (χ2v) is 7.76. The van der Waals surface area contributed by atoms with E-state index < -0.39 is 16.3 Å². The molecule has 0 amide bonds. The lowest BCUT2D eigenvalue weighted by Crippen LogP contribution is -2.53. The molecule has 2 fully saturated rings. The molecule has 2 heterocycles. The largest absolute Gasteiger partial charge is 0.392 e. The molecule has 122 valence electrons. The van der Waals surface area contributed by atoms with Crippen molar-refractivity contribution in [2.24, 2.45) is 0 Å². The first-order valence-corrected chi connectivity index (χ1v) is 9.03. The number of β-amino-alcohol motifs (C(OH)–C–C–N with tert-alkyl or cyclic N) is 1. The van der Waals surface area contributed by atoms with Crippen LogP contribution in [0.25, 0.3) is 0 Å². The molecule has 1 aromatic rings. The maximum absolute atomic E-state index is 12.7. The normalized spacial score (nSPS) is 28.6. The van der Waals surface area contributed by atoms with E-state index in [0.717, 1.165) is 5.56 Å². The van der Waals surface area contributed by atoms with Gasteiger partial charge in [0.2, 0.25) is 0 Å². The molecule has 0 saturated carbocycles. The van der Waals surface area contributed by atoms with Gasteiger partial charge in [0.1, 0.15) is 0 Å². The summed E-state index contributed by atoms with van der Waals surface area (Å²) in [5, 5.41) is 10.1. The van der Waals surface area contributed by atoms with E-state index in [1.165, 1.54) is 8.61 Å². The summed E-state index contributed by atoms with van der Waals surface area (Å²) in [5.74, 6) is 0.0285. The van der Waals surface area contributed by atoms with E-state index in [1.807, 2.05) is 30.3 Å². The number of aliphatic hydroxyl groups is 1. The van der Waals surface area contributed by atoms with Gasteiger partial charge in [-0.25, -0.2) is 0 Å². The Morgan fingerprint density at radius 2 is 1.73 bits per heavy atom. The minimum Gasteiger partial charge on any atom is -0.392 e. The number of morpholine rings is 1. The van der Waals surface area contributed by atoms with Gasteiger partial charge in [0.05, 0.1) is 19.3 Å². The van der Waals surface area contributed by atoms with Crippen LogP contribution < -0.4 is 0 Å². The Morgan fingerprint density at radius 1 is 1.05 bits per heavy atom. The summed E-state index contributed by atoms with van der Waals surface area (Å²) >= 11 is 0. The van der Waals surface area contributed by atoms with Crippen LogP contribution in [-0.2, 0) is 14.9 Å². The molecule has 2 aliphatic rings. The molecule has 3 rings (SSSR count). The molecule has 2 atom stereocenters. The topological polar surface area (TPSA) is 70.1 Å². The molecule has 1 aromatic carbocycles. The van der Waals surface area contributed by atoms with E-state index in [9.17, 15) is 13.5 Å². The van der Waals surface area contributed by atoms with Gasteiger partial charge < -0.3 is 9.84 Å². The molecule has 22 heavy (non-hydrogen) atoms. The van der Waals surface area contributed by atoms with E-state index in [2.05, 4.69) is 0 Å². The fourth-order valence-electron chi connectivity index (χ4n) is 3.13. The van der Waals surface area contributed by atoms with Crippen molar-refractivity contribution in [1.82, 2.24) is 8.61 Å². The van der Waals surface area contributed by atoms with E-state index in [4.69, 9.17) is 4.74 Å². The van der Waals surface area contributed by atoms with E-state index in [0.29, 0.717) is 39.3 Å². The Bertz CT molecular complexity index is 587. The highest BCUT2D eigenvalue weighted by Crippen LogP contribution is 2.29. The number of rotatable bonds is 3. The van der Waals surface area contributed by atoms with Gasteiger partial charge in [-0.3, -0.25) is 0 Å². The van der Waals surface area contributed by atoms with Crippen LogP contribution in [0, 0.1) is 0 Å². The minimum absolute atomic E-state index is 0.0285. The van der Waals surface area contributed by atoms with Crippen molar-refractivity contribution >= 4 is 10.2 Å². The molecule has 2 aliphatic heterocycles. The highest BCUT2D eigenvalue weighted by molar-refractivity contribution is 7.86. The average Bonchev–Trinajstić information content (AvgIpc) is 2.56. The number of hydrogen-bond acceptors (Lipinski definition) is 4. The van der Waals surface area contributed by atoms with Crippen LogP contribution in [0.2, 0.25) is 0 Å². The summed E-state index contributed by atoms with van der Waals surface area (Å²) in [6.45, 7) is 2.20. The van der Waals surface area contributed by atoms with Crippen molar-refractivity contribution in [2.75, 3.05) is 39.4 Å². The third-order valence-electron chi connectivity index (χ3n) is 4.29. The summed E-state index contributed by atoms with van der Waals surface area (Å²) in [4.78, 5) is 0. The fraction of sp³-hybridized carbons (Fsp3) is 0.600. The first kappa shape index (κ1) is 15.9. The lowest BCUT2D eigenvalue weighted by atomic mass is 9.90. The van der Waals surface area contributed by atoms with Crippen LogP contribution in [0.15, 0.2) is 30.3 Å². The van der Waals surface area contributed by atoms with Gasteiger partial charge in [0.15, 0.2) is 0 Å². The van der Waals surface area contributed by atoms with Crippen LogP contribution in [0.5, 0.6) is 0 Å². The van der Waals surface area contributed by atoms with Crippen LogP contribution in [0.3, 0.4) is 0 Å². The molecule has 2 saturated heterocycles. The molecule has 0 spiro atoms. The summed E-state index contributed by atoms with van der Waals surface area (Å²) in [6, 6.07) is 9.80. The number of nitrogens with zero attached hydrogens (tertiary/aromatic N) is 2. The lowest BCUT2D eigenvalue weighted by molar-refractivity contribution is 0.0626.